The molecule has 1 aliphatic carbocycles. The third-order valence-electron chi connectivity index (χ3n) is 7.66. The van der Waals surface area contributed by atoms with Gasteiger partial charge in [0.25, 0.3) is 0 Å². The van der Waals surface area contributed by atoms with E-state index < -0.39 is 0 Å². The van der Waals surface area contributed by atoms with Crippen LogP contribution in [0.4, 0.5) is 0 Å². The van der Waals surface area contributed by atoms with E-state index in [1.807, 2.05) is 25.1 Å². The molecular weight excluding hydrogens is 392 g/mol. The molecule has 0 spiro atoms. The summed E-state index contributed by atoms with van der Waals surface area (Å²) >= 11 is 0. The summed E-state index contributed by atoms with van der Waals surface area (Å²) in [6.45, 7) is 8.56. The summed E-state index contributed by atoms with van der Waals surface area (Å²) in [6.07, 6.45) is 4.11. The number of carbonyl (C=O) groups excluding carboxylic acids is 1. The molecule has 6 nitrogen and oxygen atoms in total. The maximum Gasteiger partial charge on any atom is 0.313 e. The largest absolute Gasteiger partial charge is 0.466 e. The van der Waals surface area contributed by atoms with Crippen molar-refractivity contribution in [2.75, 3.05) is 46.0 Å². The van der Waals surface area contributed by atoms with Crippen LogP contribution in [0.5, 0.6) is 0 Å². The van der Waals surface area contributed by atoms with Gasteiger partial charge in [0.05, 0.1) is 31.8 Å². The first-order valence-corrected chi connectivity index (χ1v) is 11.9. The molecule has 3 heterocycles. The van der Waals surface area contributed by atoms with Gasteiger partial charge in [-0.05, 0) is 57.2 Å². The number of ether oxygens (including phenoxy) is 2. The van der Waals surface area contributed by atoms with Gasteiger partial charge in [-0.1, -0.05) is 18.2 Å². The standard InChI is InChI=1S/C25H34N2O4/c1-2-30-24(28)25-9-7-21(27-11-13-29-14-12-27)16-20(25)8-10-26(18-25)17-22-15-19-5-3-4-6-23(19)31-22/h3-6,15,20-21H,2,7-14,16-18H2,1H3/t20-,21-,25-/m1/s1. The number of piperidine rings is 1. The molecular formula is C25H34N2O4. The van der Waals surface area contributed by atoms with Crippen molar-refractivity contribution in [1.29, 1.82) is 0 Å². The van der Waals surface area contributed by atoms with E-state index in [4.69, 9.17) is 13.9 Å². The van der Waals surface area contributed by atoms with Crippen molar-refractivity contribution >= 4 is 16.9 Å². The summed E-state index contributed by atoms with van der Waals surface area (Å²) in [5.74, 6) is 1.37. The minimum atomic E-state index is -0.386. The Morgan fingerprint density at radius 2 is 2.03 bits per heavy atom. The average Bonchev–Trinajstić information content (AvgIpc) is 3.21. The normalized spacial score (nSPS) is 30.2. The highest BCUT2D eigenvalue weighted by Gasteiger charge is 2.53. The fourth-order valence-electron chi connectivity index (χ4n) is 6.07. The Balaban J connectivity index is 1.32. The fourth-order valence-corrected chi connectivity index (χ4v) is 6.07. The van der Waals surface area contributed by atoms with Gasteiger partial charge in [0.2, 0.25) is 0 Å². The molecule has 2 aliphatic heterocycles. The summed E-state index contributed by atoms with van der Waals surface area (Å²) < 4.78 is 17.3. The van der Waals surface area contributed by atoms with Gasteiger partial charge in [0.15, 0.2) is 0 Å². The molecule has 31 heavy (non-hydrogen) atoms. The van der Waals surface area contributed by atoms with Crippen molar-refractivity contribution in [1.82, 2.24) is 9.80 Å². The third-order valence-corrected chi connectivity index (χ3v) is 7.66. The summed E-state index contributed by atoms with van der Waals surface area (Å²) in [5.41, 5.74) is 0.543. The van der Waals surface area contributed by atoms with Crippen LogP contribution in [0, 0.1) is 11.3 Å². The van der Waals surface area contributed by atoms with Crippen molar-refractivity contribution in [3.63, 3.8) is 0 Å². The lowest BCUT2D eigenvalue weighted by Crippen LogP contribution is -2.58. The van der Waals surface area contributed by atoms with Crippen LogP contribution in [0.3, 0.4) is 0 Å². The van der Waals surface area contributed by atoms with Crippen LogP contribution >= 0.6 is 0 Å². The first-order chi connectivity index (χ1) is 15.2. The monoisotopic (exact) mass is 426 g/mol. The van der Waals surface area contributed by atoms with Gasteiger partial charge >= 0.3 is 5.97 Å². The third kappa shape index (κ3) is 4.13. The number of rotatable bonds is 5. The van der Waals surface area contributed by atoms with E-state index in [-0.39, 0.29) is 11.4 Å². The highest BCUT2D eigenvalue weighted by atomic mass is 16.5. The van der Waals surface area contributed by atoms with Crippen LogP contribution in [0.15, 0.2) is 34.7 Å². The zero-order valence-electron chi connectivity index (χ0n) is 18.6. The van der Waals surface area contributed by atoms with Crippen molar-refractivity contribution in [2.24, 2.45) is 11.3 Å². The number of furan rings is 1. The van der Waals surface area contributed by atoms with Gasteiger partial charge in [-0.15, -0.1) is 0 Å². The van der Waals surface area contributed by atoms with Crippen molar-refractivity contribution in [3.8, 4) is 0 Å². The van der Waals surface area contributed by atoms with Crippen molar-refractivity contribution < 1.29 is 18.7 Å². The molecule has 0 N–H and O–H groups in total. The molecule has 3 atom stereocenters. The smallest absolute Gasteiger partial charge is 0.313 e. The summed E-state index contributed by atoms with van der Waals surface area (Å²) in [7, 11) is 0. The van der Waals surface area contributed by atoms with Crippen LogP contribution in [0.2, 0.25) is 0 Å². The minimum absolute atomic E-state index is 0.00901. The lowest BCUT2D eigenvalue weighted by molar-refractivity contribution is -0.170. The molecule has 0 radical (unpaired) electrons. The molecule has 2 aromatic rings. The lowest BCUT2D eigenvalue weighted by atomic mass is 9.61. The first kappa shape index (κ1) is 21.0. The Bertz CT molecular complexity index is 873. The summed E-state index contributed by atoms with van der Waals surface area (Å²) in [5, 5.41) is 1.14. The lowest BCUT2D eigenvalue weighted by Gasteiger charge is -2.52. The zero-order chi connectivity index (χ0) is 21.3. The topological polar surface area (TPSA) is 55.1 Å². The Kier molecular flexibility index (Phi) is 6.04. The number of nitrogens with zero attached hydrogens (tertiary/aromatic N) is 2. The maximum absolute atomic E-state index is 13.3. The second-order valence-electron chi connectivity index (χ2n) is 9.40. The molecule has 1 aromatic carbocycles. The number of likely N-dealkylation sites (tertiary alicyclic amines) is 1. The van der Waals surface area contributed by atoms with E-state index in [1.165, 1.54) is 0 Å². The number of benzene rings is 1. The molecule has 2 saturated heterocycles. The first-order valence-electron chi connectivity index (χ1n) is 11.9. The predicted molar refractivity (Wildman–Crippen MR) is 119 cm³/mol. The van der Waals surface area contributed by atoms with Crippen molar-refractivity contribution in [3.05, 3.63) is 36.1 Å². The molecule has 1 aromatic heterocycles. The molecule has 6 heteroatoms. The van der Waals surface area contributed by atoms with Gasteiger partial charge in [0.1, 0.15) is 11.3 Å². The zero-order valence-corrected chi connectivity index (χ0v) is 18.6. The number of morpholine rings is 1. The predicted octanol–water partition coefficient (Wildman–Crippen LogP) is 3.69. The Hall–Kier alpha value is -1.89. The second-order valence-corrected chi connectivity index (χ2v) is 9.40. The molecule has 3 aliphatic rings. The Morgan fingerprint density at radius 3 is 2.84 bits per heavy atom. The number of hydrogen-bond donors (Lipinski definition) is 0. The van der Waals surface area contributed by atoms with E-state index in [0.29, 0.717) is 18.6 Å². The highest BCUT2D eigenvalue weighted by Crippen LogP contribution is 2.48. The van der Waals surface area contributed by atoms with E-state index in [0.717, 1.165) is 88.4 Å². The molecule has 0 unspecified atom stereocenters. The summed E-state index contributed by atoms with van der Waals surface area (Å²) in [6, 6.07) is 10.8. The van der Waals surface area contributed by atoms with E-state index >= 15 is 0 Å². The molecule has 1 saturated carbocycles. The Labute approximate surface area is 184 Å². The highest BCUT2D eigenvalue weighted by molar-refractivity contribution is 5.78. The molecule has 0 amide bonds. The van der Waals surface area contributed by atoms with Gasteiger partial charge < -0.3 is 13.9 Å². The van der Waals surface area contributed by atoms with E-state index in [9.17, 15) is 4.79 Å². The summed E-state index contributed by atoms with van der Waals surface area (Å²) in [4.78, 5) is 18.3. The van der Waals surface area contributed by atoms with Crippen LogP contribution in [-0.2, 0) is 20.8 Å². The SMILES string of the molecule is CCOC(=O)[C@@]12CC[C@@H](N3CCOCC3)C[C@H]1CCN(Cc1cc3ccccc3o1)C2. The maximum atomic E-state index is 13.3. The van der Waals surface area contributed by atoms with E-state index in [1.54, 1.807) is 0 Å². The molecule has 0 bridgehead atoms. The molecule has 3 fully saturated rings. The molecule has 5 rings (SSSR count). The fraction of sp³-hybridized carbons (Fsp3) is 0.640. The van der Waals surface area contributed by atoms with Crippen LogP contribution in [0.1, 0.15) is 38.4 Å². The molecule has 168 valence electrons. The van der Waals surface area contributed by atoms with Crippen LogP contribution in [-0.4, -0.2) is 67.8 Å². The average molecular weight is 427 g/mol. The second kappa shape index (κ2) is 8.93. The van der Waals surface area contributed by atoms with Gasteiger partial charge in [-0.2, -0.15) is 0 Å². The van der Waals surface area contributed by atoms with Gasteiger partial charge in [-0.25, -0.2) is 0 Å². The number of hydrogen-bond acceptors (Lipinski definition) is 6. The van der Waals surface area contributed by atoms with Crippen LogP contribution in [0.25, 0.3) is 11.0 Å². The quantitative estimate of drug-likeness (QED) is 0.680. The van der Waals surface area contributed by atoms with Gasteiger partial charge in [0, 0.05) is 31.1 Å². The Morgan fingerprint density at radius 1 is 1.19 bits per heavy atom. The number of esters is 1. The number of fused-ring (bicyclic) bond motifs is 2. The number of carbonyl (C=O) groups is 1. The minimum Gasteiger partial charge on any atom is -0.466 e. The number of para-hydroxylation sites is 1. The van der Waals surface area contributed by atoms with Crippen molar-refractivity contribution in [2.45, 2.75) is 45.2 Å². The van der Waals surface area contributed by atoms with E-state index in [2.05, 4.69) is 21.9 Å². The van der Waals surface area contributed by atoms with Crippen LogP contribution < -0.4 is 0 Å². The van der Waals surface area contributed by atoms with Gasteiger partial charge in [-0.3, -0.25) is 14.6 Å².